The third-order valence-electron chi connectivity index (χ3n) is 5.48. The summed E-state index contributed by atoms with van der Waals surface area (Å²) >= 11 is 0. The molecule has 4 nitrogen and oxygen atoms in total. The molecule has 0 aromatic heterocycles. The molecule has 2 aromatic carbocycles. The van der Waals surface area contributed by atoms with E-state index >= 15 is 0 Å². The first kappa shape index (κ1) is 18.3. The summed E-state index contributed by atoms with van der Waals surface area (Å²) in [6.07, 6.45) is 6.30. The van der Waals surface area contributed by atoms with E-state index in [4.69, 9.17) is 10.5 Å². The van der Waals surface area contributed by atoms with Gasteiger partial charge in [0.25, 0.3) is 0 Å². The summed E-state index contributed by atoms with van der Waals surface area (Å²) in [4.78, 5) is 12.5. The summed E-state index contributed by atoms with van der Waals surface area (Å²) in [5.74, 6) is 0.931. The third-order valence-corrected chi connectivity index (χ3v) is 5.48. The molecule has 0 atom stereocenters. The SMILES string of the molecule is COc1ccc(C2(CNC(=O)Cc3ccc(N)cc3)CCCCC2)cc1. The van der Waals surface area contributed by atoms with Crippen molar-refractivity contribution in [2.75, 3.05) is 19.4 Å². The summed E-state index contributed by atoms with van der Waals surface area (Å²) in [6, 6.07) is 15.8. The van der Waals surface area contributed by atoms with Crippen LogP contribution in [0.3, 0.4) is 0 Å². The van der Waals surface area contributed by atoms with Crippen LogP contribution in [0.5, 0.6) is 5.75 Å². The number of rotatable bonds is 6. The zero-order chi connectivity index (χ0) is 18.4. The van der Waals surface area contributed by atoms with Gasteiger partial charge in [0.2, 0.25) is 5.91 Å². The highest BCUT2D eigenvalue weighted by molar-refractivity contribution is 5.78. The third kappa shape index (κ3) is 4.37. The first-order chi connectivity index (χ1) is 12.6. The fourth-order valence-electron chi connectivity index (χ4n) is 3.89. The van der Waals surface area contributed by atoms with Gasteiger partial charge in [-0.2, -0.15) is 0 Å². The quantitative estimate of drug-likeness (QED) is 0.777. The molecule has 4 heteroatoms. The molecule has 3 rings (SSSR count). The fraction of sp³-hybridized carbons (Fsp3) is 0.409. The van der Waals surface area contributed by atoms with Gasteiger partial charge in [-0.1, -0.05) is 43.5 Å². The van der Waals surface area contributed by atoms with E-state index in [0.717, 1.165) is 29.8 Å². The lowest BCUT2D eigenvalue weighted by Crippen LogP contribution is -2.42. The number of nitrogen functional groups attached to an aromatic ring is 1. The van der Waals surface area contributed by atoms with Crippen LogP contribution in [0, 0.1) is 0 Å². The number of nitrogens with one attached hydrogen (secondary N) is 1. The lowest BCUT2D eigenvalue weighted by molar-refractivity contribution is -0.120. The van der Waals surface area contributed by atoms with Gasteiger partial charge in [0.1, 0.15) is 5.75 Å². The molecule has 26 heavy (non-hydrogen) atoms. The smallest absolute Gasteiger partial charge is 0.224 e. The van der Waals surface area contributed by atoms with Crippen molar-refractivity contribution >= 4 is 11.6 Å². The molecule has 0 bridgehead atoms. The van der Waals surface area contributed by atoms with Crippen LogP contribution in [0.1, 0.15) is 43.2 Å². The predicted molar refractivity (Wildman–Crippen MR) is 105 cm³/mol. The van der Waals surface area contributed by atoms with Gasteiger partial charge < -0.3 is 15.8 Å². The van der Waals surface area contributed by atoms with E-state index in [1.165, 1.54) is 24.8 Å². The Kier molecular flexibility index (Phi) is 5.82. The Morgan fingerprint density at radius 1 is 1.04 bits per heavy atom. The lowest BCUT2D eigenvalue weighted by atomic mass is 9.69. The normalized spacial score (nSPS) is 16.0. The first-order valence-electron chi connectivity index (χ1n) is 9.37. The van der Waals surface area contributed by atoms with Crippen molar-refractivity contribution in [2.24, 2.45) is 0 Å². The Morgan fingerprint density at radius 2 is 1.69 bits per heavy atom. The van der Waals surface area contributed by atoms with Crippen LogP contribution in [-0.4, -0.2) is 19.6 Å². The van der Waals surface area contributed by atoms with E-state index in [9.17, 15) is 4.79 Å². The zero-order valence-electron chi connectivity index (χ0n) is 15.5. The summed E-state index contributed by atoms with van der Waals surface area (Å²) in [5, 5.41) is 3.18. The summed E-state index contributed by atoms with van der Waals surface area (Å²) < 4.78 is 5.28. The van der Waals surface area contributed by atoms with Gasteiger partial charge in [0, 0.05) is 17.6 Å². The molecular weight excluding hydrogens is 324 g/mol. The van der Waals surface area contributed by atoms with Crippen molar-refractivity contribution in [3.63, 3.8) is 0 Å². The van der Waals surface area contributed by atoms with E-state index in [-0.39, 0.29) is 11.3 Å². The number of ether oxygens (including phenoxy) is 1. The highest BCUT2D eigenvalue weighted by Gasteiger charge is 2.34. The van der Waals surface area contributed by atoms with Crippen LogP contribution in [-0.2, 0) is 16.6 Å². The molecule has 0 spiro atoms. The van der Waals surface area contributed by atoms with Gasteiger partial charge in [0.05, 0.1) is 13.5 Å². The maximum atomic E-state index is 12.5. The largest absolute Gasteiger partial charge is 0.497 e. The number of carbonyl (C=O) groups excluding carboxylic acids is 1. The minimum Gasteiger partial charge on any atom is -0.497 e. The fourth-order valence-corrected chi connectivity index (χ4v) is 3.89. The topological polar surface area (TPSA) is 64.3 Å². The molecule has 0 saturated heterocycles. The standard InChI is InChI=1S/C22H28N2O2/c1-26-20-11-7-18(8-12-20)22(13-3-2-4-14-22)16-24-21(25)15-17-5-9-19(23)10-6-17/h5-12H,2-4,13-16,23H2,1H3,(H,24,25). The minimum absolute atomic E-state index is 0.0291. The second-order valence-electron chi connectivity index (χ2n) is 7.26. The van der Waals surface area contributed by atoms with Crippen molar-refractivity contribution in [1.82, 2.24) is 5.32 Å². The molecule has 0 radical (unpaired) electrons. The first-order valence-corrected chi connectivity index (χ1v) is 9.37. The highest BCUT2D eigenvalue weighted by Crippen LogP contribution is 2.39. The van der Waals surface area contributed by atoms with Crippen molar-refractivity contribution < 1.29 is 9.53 Å². The van der Waals surface area contributed by atoms with Gasteiger partial charge in [0.15, 0.2) is 0 Å². The van der Waals surface area contributed by atoms with E-state index in [2.05, 4.69) is 17.4 Å². The van der Waals surface area contributed by atoms with E-state index < -0.39 is 0 Å². The molecule has 138 valence electrons. The average molecular weight is 352 g/mol. The minimum atomic E-state index is 0.0291. The second-order valence-corrected chi connectivity index (χ2v) is 7.26. The van der Waals surface area contributed by atoms with Crippen LogP contribution in [0.2, 0.25) is 0 Å². The molecule has 0 unspecified atom stereocenters. The molecule has 1 aliphatic carbocycles. The molecule has 1 fully saturated rings. The molecule has 1 saturated carbocycles. The Morgan fingerprint density at radius 3 is 2.31 bits per heavy atom. The Labute approximate surface area is 155 Å². The van der Waals surface area contributed by atoms with Crippen LogP contribution in [0.15, 0.2) is 48.5 Å². The number of benzene rings is 2. The van der Waals surface area contributed by atoms with Crippen LogP contribution in [0.25, 0.3) is 0 Å². The van der Waals surface area contributed by atoms with Gasteiger partial charge in [-0.05, 0) is 48.2 Å². The van der Waals surface area contributed by atoms with E-state index in [0.29, 0.717) is 13.0 Å². The number of hydrogen-bond acceptors (Lipinski definition) is 3. The van der Waals surface area contributed by atoms with Crippen molar-refractivity contribution in [1.29, 1.82) is 0 Å². The lowest BCUT2D eigenvalue weighted by Gasteiger charge is -2.38. The van der Waals surface area contributed by atoms with Gasteiger partial charge in [-0.15, -0.1) is 0 Å². The van der Waals surface area contributed by atoms with Crippen molar-refractivity contribution in [3.05, 3.63) is 59.7 Å². The second kappa shape index (κ2) is 8.26. The summed E-state index contributed by atoms with van der Waals surface area (Å²) in [5.41, 5.74) is 8.74. The zero-order valence-corrected chi connectivity index (χ0v) is 15.5. The molecule has 0 aliphatic heterocycles. The Hall–Kier alpha value is -2.49. The van der Waals surface area contributed by atoms with E-state index in [1.807, 2.05) is 36.4 Å². The predicted octanol–water partition coefficient (Wildman–Crippen LogP) is 3.84. The highest BCUT2D eigenvalue weighted by atomic mass is 16.5. The molecule has 0 heterocycles. The summed E-state index contributed by atoms with van der Waals surface area (Å²) in [6.45, 7) is 0.688. The number of hydrogen-bond donors (Lipinski definition) is 2. The Bertz CT molecular complexity index is 717. The molecule has 1 aliphatic rings. The van der Waals surface area contributed by atoms with Gasteiger partial charge in [-0.3, -0.25) is 4.79 Å². The van der Waals surface area contributed by atoms with Gasteiger partial charge in [-0.25, -0.2) is 0 Å². The molecule has 1 amide bonds. The molecular formula is C22H28N2O2. The van der Waals surface area contributed by atoms with E-state index in [1.54, 1.807) is 7.11 Å². The Balaban J connectivity index is 1.67. The monoisotopic (exact) mass is 352 g/mol. The molecule has 2 aromatic rings. The maximum absolute atomic E-state index is 12.5. The van der Waals surface area contributed by atoms with Crippen molar-refractivity contribution in [3.8, 4) is 5.75 Å². The van der Waals surface area contributed by atoms with Crippen molar-refractivity contribution in [2.45, 2.75) is 43.9 Å². The number of carbonyl (C=O) groups is 1. The van der Waals surface area contributed by atoms with Crippen LogP contribution < -0.4 is 15.8 Å². The number of nitrogens with two attached hydrogens (primary N) is 1. The maximum Gasteiger partial charge on any atom is 0.224 e. The number of anilines is 1. The summed E-state index contributed by atoms with van der Waals surface area (Å²) in [7, 11) is 1.68. The average Bonchev–Trinajstić information content (AvgIpc) is 2.69. The number of methoxy groups -OCH3 is 1. The number of amides is 1. The van der Waals surface area contributed by atoms with Crippen LogP contribution >= 0.6 is 0 Å². The van der Waals surface area contributed by atoms with Crippen LogP contribution in [0.4, 0.5) is 5.69 Å². The van der Waals surface area contributed by atoms with Gasteiger partial charge >= 0.3 is 0 Å². The molecule has 3 N–H and O–H groups in total.